The molecule has 4 atom stereocenters. The van der Waals surface area contributed by atoms with Gasteiger partial charge in [-0.3, -0.25) is 4.79 Å². The van der Waals surface area contributed by atoms with Crippen LogP contribution in [-0.4, -0.2) is 21.3 Å². The van der Waals surface area contributed by atoms with Crippen LogP contribution in [0.15, 0.2) is 54.9 Å². The zero-order valence-corrected chi connectivity index (χ0v) is 15.6. The normalized spacial score (nSPS) is 25.9. The molecule has 0 radical (unpaired) electrons. The van der Waals surface area contributed by atoms with Crippen LogP contribution in [0.4, 0.5) is 5.69 Å². The van der Waals surface area contributed by atoms with Crippen molar-refractivity contribution in [2.24, 2.45) is 23.5 Å². The van der Waals surface area contributed by atoms with E-state index in [0.717, 1.165) is 35.6 Å². The van der Waals surface area contributed by atoms with E-state index in [4.69, 9.17) is 10.5 Å². The third kappa shape index (κ3) is 3.14. The van der Waals surface area contributed by atoms with Crippen molar-refractivity contribution in [1.29, 1.82) is 0 Å². The van der Waals surface area contributed by atoms with Gasteiger partial charge >= 0.3 is 0 Å². The van der Waals surface area contributed by atoms with Gasteiger partial charge in [-0.1, -0.05) is 6.07 Å². The van der Waals surface area contributed by atoms with Crippen LogP contribution in [0.3, 0.4) is 0 Å². The number of hydrogen-bond acceptors (Lipinski definition) is 4. The number of nitrogens with one attached hydrogen (secondary N) is 1. The predicted molar refractivity (Wildman–Crippen MR) is 107 cm³/mol. The molecule has 2 aromatic heterocycles. The van der Waals surface area contributed by atoms with Crippen molar-refractivity contribution in [2.45, 2.75) is 31.9 Å². The number of carbonyl (C=O) groups is 1. The SMILES string of the molecule is NC1C2CCC(C2)C1C(=O)Nc1ccc(OCc2cn3ccccc3n2)cc1. The number of aromatic nitrogens is 2. The molecule has 5 rings (SSSR count). The molecule has 2 aliphatic rings. The summed E-state index contributed by atoms with van der Waals surface area (Å²) in [5.41, 5.74) is 8.83. The van der Waals surface area contributed by atoms with Crippen LogP contribution in [0.5, 0.6) is 5.75 Å². The number of pyridine rings is 1. The van der Waals surface area contributed by atoms with Crippen LogP contribution >= 0.6 is 0 Å². The molecule has 1 amide bonds. The highest BCUT2D eigenvalue weighted by Gasteiger charge is 2.49. The smallest absolute Gasteiger partial charge is 0.229 e. The molecular formula is C22H24N4O2. The molecule has 3 N–H and O–H groups in total. The molecule has 0 spiro atoms. The number of nitrogens with zero attached hydrogens (tertiary/aromatic N) is 2. The van der Waals surface area contributed by atoms with Crippen molar-refractivity contribution in [2.75, 3.05) is 5.32 Å². The number of ether oxygens (including phenoxy) is 1. The van der Waals surface area contributed by atoms with Crippen LogP contribution in [-0.2, 0) is 11.4 Å². The maximum atomic E-state index is 12.7. The first kappa shape index (κ1) is 17.3. The number of anilines is 1. The first-order chi connectivity index (χ1) is 13.7. The summed E-state index contributed by atoms with van der Waals surface area (Å²) in [4.78, 5) is 17.2. The lowest BCUT2D eigenvalue weighted by atomic mass is 9.84. The van der Waals surface area contributed by atoms with Gasteiger partial charge in [0.25, 0.3) is 0 Å². The van der Waals surface area contributed by atoms with E-state index in [1.165, 1.54) is 6.42 Å². The molecule has 2 fully saturated rings. The molecule has 2 heterocycles. The standard InChI is InChI=1S/C22H24N4O2/c23-21-15-5-4-14(11-15)20(21)22(27)25-16-6-8-18(9-7-16)28-13-17-12-26-10-2-1-3-19(26)24-17/h1-3,6-10,12,14-15,20-21H,4-5,11,13,23H2,(H,25,27). The van der Waals surface area contributed by atoms with Gasteiger partial charge in [-0.25, -0.2) is 4.98 Å². The Balaban J connectivity index is 1.19. The second-order valence-electron chi connectivity index (χ2n) is 7.94. The van der Waals surface area contributed by atoms with E-state index in [9.17, 15) is 4.79 Å². The Morgan fingerprint density at radius 2 is 2.00 bits per heavy atom. The zero-order chi connectivity index (χ0) is 19.1. The summed E-state index contributed by atoms with van der Waals surface area (Å²) >= 11 is 0. The number of nitrogens with two attached hydrogens (primary N) is 1. The Morgan fingerprint density at radius 3 is 2.75 bits per heavy atom. The second-order valence-corrected chi connectivity index (χ2v) is 7.94. The minimum Gasteiger partial charge on any atom is -0.487 e. The summed E-state index contributed by atoms with van der Waals surface area (Å²) in [6.07, 6.45) is 7.34. The third-order valence-corrected chi connectivity index (χ3v) is 6.21. The van der Waals surface area contributed by atoms with Crippen LogP contribution in [0.25, 0.3) is 5.65 Å². The van der Waals surface area contributed by atoms with Gasteiger partial charge in [0, 0.05) is 24.1 Å². The van der Waals surface area contributed by atoms with Gasteiger partial charge in [-0.05, 0) is 67.5 Å². The fourth-order valence-electron chi connectivity index (χ4n) is 4.80. The largest absolute Gasteiger partial charge is 0.487 e. The van der Waals surface area contributed by atoms with Gasteiger partial charge < -0.3 is 20.2 Å². The first-order valence-electron chi connectivity index (χ1n) is 9.89. The Hall–Kier alpha value is -2.86. The number of fused-ring (bicyclic) bond motifs is 3. The summed E-state index contributed by atoms with van der Waals surface area (Å²) < 4.78 is 7.80. The average Bonchev–Trinajstić information content (AvgIpc) is 3.41. The van der Waals surface area contributed by atoms with E-state index >= 15 is 0 Å². The quantitative estimate of drug-likeness (QED) is 0.716. The van der Waals surface area contributed by atoms with Crippen LogP contribution in [0.1, 0.15) is 25.0 Å². The monoisotopic (exact) mass is 376 g/mol. The zero-order valence-electron chi connectivity index (χ0n) is 15.6. The molecule has 2 aliphatic carbocycles. The van der Waals surface area contributed by atoms with Gasteiger partial charge in [0.15, 0.2) is 0 Å². The first-order valence-corrected chi connectivity index (χ1v) is 9.89. The van der Waals surface area contributed by atoms with E-state index in [1.807, 2.05) is 59.3 Å². The average molecular weight is 376 g/mol. The molecule has 2 bridgehead atoms. The molecule has 0 saturated heterocycles. The van der Waals surface area contributed by atoms with E-state index in [2.05, 4.69) is 10.3 Å². The van der Waals surface area contributed by atoms with Crippen molar-refractivity contribution in [3.8, 4) is 5.75 Å². The minimum absolute atomic E-state index is 0.00628. The molecular weight excluding hydrogens is 352 g/mol. The number of imidazole rings is 1. The number of benzene rings is 1. The van der Waals surface area contributed by atoms with Gasteiger partial charge in [0.05, 0.1) is 11.6 Å². The lowest BCUT2D eigenvalue weighted by Crippen LogP contribution is -2.42. The molecule has 144 valence electrons. The number of amides is 1. The molecule has 1 aromatic carbocycles. The van der Waals surface area contributed by atoms with E-state index in [0.29, 0.717) is 18.4 Å². The van der Waals surface area contributed by atoms with Crippen molar-refractivity contribution >= 4 is 17.2 Å². The fourth-order valence-corrected chi connectivity index (χ4v) is 4.80. The van der Waals surface area contributed by atoms with Crippen molar-refractivity contribution in [1.82, 2.24) is 9.38 Å². The van der Waals surface area contributed by atoms with E-state index in [1.54, 1.807) is 0 Å². The molecule has 28 heavy (non-hydrogen) atoms. The summed E-state index contributed by atoms with van der Waals surface area (Å²) in [6.45, 7) is 0.396. The fraction of sp³-hybridized carbons (Fsp3) is 0.364. The summed E-state index contributed by atoms with van der Waals surface area (Å²) in [5, 5.41) is 3.03. The molecule has 0 aliphatic heterocycles. The third-order valence-electron chi connectivity index (χ3n) is 6.21. The lowest BCUT2D eigenvalue weighted by Gasteiger charge is -2.27. The Bertz CT molecular complexity index is 962. The predicted octanol–water partition coefficient (Wildman–Crippen LogP) is 3.23. The molecule has 2 saturated carbocycles. The number of carbonyl (C=O) groups excluding carboxylic acids is 1. The highest BCUT2D eigenvalue weighted by atomic mass is 16.5. The Labute approximate surface area is 163 Å². The molecule has 6 heteroatoms. The Morgan fingerprint density at radius 1 is 1.18 bits per heavy atom. The van der Waals surface area contributed by atoms with Crippen LogP contribution in [0.2, 0.25) is 0 Å². The van der Waals surface area contributed by atoms with Gasteiger partial charge in [0.1, 0.15) is 18.0 Å². The molecule has 4 unspecified atom stereocenters. The Kier molecular flexibility index (Phi) is 4.28. The highest BCUT2D eigenvalue weighted by molar-refractivity contribution is 5.93. The van der Waals surface area contributed by atoms with Gasteiger partial charge in [0.2, 0.25) is 5.91 Å². The number of rotatable bonds is 5. The highest BCUT2D eigenvalue weighted by Crippen LogP contribution is 2.47. The van der Waals surface area contributed by atoms with Crippen molar-refractivity contribution < 1.29 is 9.53 Å². The summed E-state index contributed by atoms with van der Waals surface area (Å²) in [5.74, 6) is 1.72. The maximum Gasteiger partial charge on any atom is 0.229 e. The van der Waals surface area contributed by atoms with Crippen molar-refractivity contribution in [3.63, 3.8) is 0 Å². The van der Waals surface area contributed by atoms with Crippen LogP contribution in [0, 0.1) is 17.8 Å². The second kappa shape index (κ2) is 6.95. The number of hydrogen-bond donors (Lipinski definition) is 2. The van der Waals surface area contributed by atoms with E-state index < -0.39 is 0 Å². The van der Waals surface area contributed by atoms with Gasteiger partial charge in [-0.2, -0.15) is 0 Å². The topological polar surface area (TPSA) is 81.7 Å². The maximum absolute atomic E-state index is 12.7. The van der Waals surface area contributed by atoms with E-state index in [-0.39, 0.29) is 17.9 Å². The van der Waals surface area contributed by atoms with Gasteiger partial charge in [-0.15, -0.1) is 0 Å². The minimum atomic E-state index is -0.0512. The summed E-state index contributed by atoms with van der Waals surface area (Å²) in [6, 6.07) is 13.4. The van der Waals surface area contributed by atoms with Crippen LogP contribution < -0.4 is 15.8 Å². The molecule has 3 aromatic rings. The molecule has 6 nitrogen and oxygen atoms in total. The lowest BCUT2D eigenvalue weighted by molar-refractivity contribution is -0.121. The van der Waals surface area contributed by atoms with Crippen molar-refractivity contribution in [3.05, 3.63) is 60.6 Å². The summed E-state index contributed by atoms with van der Waals surface area (Å²) in [7, 11) is 0.